The molecule has 0 saturated carbocycles. The Hall–Kier alpha value is -2.43. The van der Waals surface area contributed by atoms with Crippen LogP contribution in [0, 0.1) is 0 Å². The van der Waals surface area contributed by atoms with E-state index in [9.17, 15) is 4.79 Å². The maximum Gasteiger partial charge on any atom is 0.410 e. The Labute approximate surface area is 136 Å². The Bertz CT molecular complexity index is 757. The van der Waals surface area contributed by atoms with Crippen LogP contribution in [0.2, 0.25) is 0 Å². The van der Waals surface area contributed by atoms with Crippen LogP contribution in [-0.2, 0) is 4.74 Å². The fourth-order valence-electron chi connectivity index (χ4n) is 2.64. The minimum Gasteiger partial charge on any atom is -0.444 e. The Balaban J connectivity index is 1.80. The molecule has 0 spiro atoms. The quantitative estimate of drug-likeness (QED) is 0.806. The third-order valence-corrected chi connectivity index (χ3v) is 3.71. The topological polar surface area (TPSA) is 55.3 Å². The average molecular weight is 311 g/mol. The molecule has 0 fully saturated rings. The zero-order chi connectivity index (χ0) is 16.4. The van der Waals surface area contributed by atoms with E-state index in [1.165, 1.54) is 0 Å². The molecule has 3 rings (SSSR count). The highest BCUT2D eigenvalue weighted by Gasteiger charge is 2.24. The molecule has 1 amide bonds. The van der Waals surface area contributed by atoms with Gasteiger partial charge in [0.15, 0.2) is 0 Å². The maximum absolute atomic E-state index is 12.1. The molecule has 1 aromatic carbocycles. The zero-order valence-corrected chi connectivity index (χ0v) is 13.7. The number of hydrogen-bond acceptors (Lipinski definition) is 4. The van der Waals surface area contributed by atoms with Crippen LogP contribution in [0.25, 0.3) is 16.5 Å². The van der Waals surface area contributed by atoms with E-state index in [1.807, 2.05) is 45.0 Å². The van der Waals surface area contributed by atoms with Gasteiger partial charge in [0.05, 0.1) is 11.2 Å². The molecule has 23 heavy (non-hydrogen) atoms. The van der Waals surface area contributed by atoms with Gasteiger partial charge in [-0.05, 0) is 38.8 Å². The predicted molar refractivity (Wildman–Crippen MR) is 89.9 cm³/mol. The lowest BCUT2D eigenvalue weighted by molar-refractivity contribution is 0.0270. The summed E-state index contributed by atoms with van der Waals surface area (Å²) >= 11 is 0. The molecule has 1 aliphatic heterocycles. The highest BCUT2D eigenvalue weighted by Crippen LogP contribution is 2.26. The van der Waals surface area contributed by atoms with Crippen molar-refractivity contribution >= 4 is 22.6 Å². The molecule has 5 nitrogen and oxygen atoms in total. The van der Waals surface area contributed by atoms with E-state index >= 15 is 0 Å². The van der Waals surface area contributed by atoms with Gasteiger partial charge < -0.3 is 9.64 Å². The molecule has 0 radical (unpaired) electrons. The molecule has 0 unspecified atom stereocenters. The molecule has 1 aromatic heterocycles. The first kappa shape index (κ1) is 15.5. The molecule has 1 aliphatic rings. The summed E-state index contributed by atoms with van der Waals surface area (Å²) in [6.07, 6.45) is 4.15. The highest BCUT2D eigenvalue weighted by molar-refractivity contribution is 5.90. The van der Waals surface area contributed by atoms with Crippen molar-refractivity contribution in [3.8, 4) is 0 Å². The second kappa shape index (κ2) is 5.99. The molecular formula is C18H21N3O2. The largest absolute Gasteiger partial charge is 0.444 e. The lowest BCUT2D eigenvalue weighted by Crippen LogP contribution is -2.39. The van der Waals surface area contributed by atoms with Gasteiger partial charge in [-0.15, -0.1) is 0 Å². The number of aromatic nitrogens is 2. The number of rotatable bonds is 1. The zero-order valence-electron chi connectivity index (χ0n) is 13.7. The summed E-state index contributed by atoms with van der Waals surface area (Å²) in [5.41, 5.74) is 2.58. The van der Waals surface area contributed by atoms with Crippen molar-refractivity contribution in [3.63, 3.8) is 0 Å². The summed E-state index contributed by atoms with van der Waals surface area (Å²) in [4.78, 5) is 22.6. The number of amides is 1. The minimum absolute atomic E-state index is 0.264. The fourth-order valence-corrected chi connectivity index (χ4v) is 2.64. The predicted octanol–water partition coefficient (Wildman–Crippen LogP) is 3.65. The molecule has 2 heterocycles. The van der Waals surface area contributed by atoms with Crippen LogP contribution in [0.4, 0.5) is 4.79 Å². The monoisotopic (exact) mass is 311 g/mol. The normalized spacial score (nSPS) is 15.4. The summed E-state index contributed by atoms with van der Waals surface area (Å²) in [7, 11) is 0. The van der Waals surface area contributed by atoms with Crippen molar-refractivity contribution in [2.75, 3.05) is 13.1 Å². The molecule has 0 aliphatic carbocycles. The van der Waals surface area contributed by atoms with Gasteiger partial charge in [0.25, 0.3) is 0 Å². The van der Waals surface area contributed by atoms with Gasteiger partial charge in [0, 0.05) is 18.5 Å². The molecule has 0 bridgehead atoms. The third-order valence-electron chi connectivity index (χ3n) is 3.71. The SMILES string of the molecule is CC(C)(C)OC(=O)N1CC=C(c2ncnc3ccccc23)CC1. The first-order chi connectivity index (χ1) is 10.9. The first-order valence-electron chi connectivity index (χ1n) is 7.81. The van der Waals surface area contributed by atoms with Crippen molar-refractivity contribution in [3.05, 3.63) is 42.4 Å². The Kier molecular flexibility index (Phi) is 4.03. The van der Waals surface area contributed by atoms with E-state index in [0.29, 0.717) is 13.1 Å². The number of carbonyl (C=O) groups excluding carboxylic acids is 1. The van der Waals surface area contributed by atoms with Gasteiger partial charge in [-0.2, -0.15) is 0 Å². The van der Waals surface area contributed by atoms with Crippen LogP contribution in [0.5, 0.6) is 0 Å². The van der Waals surface area contributed by atoms with Crippen LogP contribution >= 0.6 is 0 Å². The molecule has 0 saturated heterocycles. The van der Waals surface area contributed by atoms with E-state index in [-0.39, 0.29) is 6.09 Å². The summed E-state index contributed by atoms with van der Waals surface area (Å²) in [5, 5.41) is 1.05. The van der Waals surface area contributed by atoms with Crippen molar-refractivity contribution in [2.24, 2.45) is 0 Å². The second-order valence-electron chi connectivity index (χ2n) is 6.65. The van der Waals surface area contributed by atoms with Crippen LogP contribution in [0.15, 0.2) is 36.7 Å². The van der Waals surface area contributed by atoms with Gasteiger partial charge in [-0.3, -0.25) is 0 Å². The number of ether oxygens (including phenoxy) is 1. The van der Waals surface area contributed by atoms with Crippen molar-refractivity contribution in [2.45, 2.75) is 32.8 Å². The summed E-state index contributed by atoms with van der Waals surface area (Å²) < 4.78 is 5.42. The van der Waals surface area contributed by atoms with Crippen LogP contribution in [0.1, 0.15) is 32.9 Å². The van der Waals surface area contributed by atoms with Gasteiger partial charge in [0.1, 0.15) is 11.9 Å². The second-order valence-corrected chi connectivity index (χ2v) is 6.65. The smallest absolute Gasteiger partial charge is 0.410 e. The van der Waals surface area contributed by atoms with Crippen molar-refractivity contribution in [1.82, 2.24) is 14.9 Å². The molecule has 0 atom stereocenters. The van der Waals surface area contributed by atoms with Crippen LogP contribution < -0.4 is 0 Å². The number of fused-ring (bicyclic) bond motifs is 1. The number of nitrogens with zero attached hydrogens (tertiary/aromatic N) is 3. The average Bonchev–Trinajstić information content (AvgIpc) is 2.53. The number of hydrogen-bond donors (Lipinski definition) is 0. The van der Waals surface area contributed by atoms with Crippen molar-refractivity contribution < 1.29 is 9.53 Å². The van der Waals surface area contributed by atoms with Gasteiger partial charge in [-0.25, -0.2) is 14.8 Å². The van der Waals surface area contributed by atoms with E-state index in [0.717, 1.165) is 28.6 Å². The van der Waals surface area contributed by atoms with Crippen molar-refractivity contribution in [1.29, 1.82) is 0 Å². The van der Waals surface area contributed by atoms with Gasteiger partial charge in [-0.1, -0.05) is 24.3 Å². The van der Waals surface area contributed by atoms with Crippen LogP contribution in [-0.4, -0.2) is 39.7 Å². The lowest BCUT2D eigenvalue weighted by atomic mass is 10.0. The summed E-state index contributed by atoms with van der Waals surface area (Å²) in [6.45, 7) is 6.82. The standard InChI is InChI=1S/C18H21N3O2/c1-18(2,3)23-17(22)21-10-8-13(9-11-21)16-14-6-4-5-7-15(14)19-12-20-16/h4-8,12H,9-11H2,1-3H3. The molecule has 120 valence electrons. The number of carbonyl (C=O) groups is 1. The van der Waals surface area contributed by atoms with Crippen LogP contribution in [0.3, 0.4) is 0 Å². The van der Waals surface area contributed by atoms with E-state index in [4.69, 9.17) is 4.74 Å². The summed E-state index contributed by atoms with van der Waals surface area (Å²) in [6, 6.07) is 7.98. The Morgan fingerprint density at radius 2 is 2.00 bits per heavy atom. The van der Waals surface area contributed by atoms with Gasteiger partial charge in [0.2, 0.25) is 0 Å². The molecular weight excluding hydrogens is 290 g/mol. The first-order valence-corrected chi connectivity index (χ1v) is 7.81. The van der Waals surface area contributed by atoms with E-state index < -0.39 is 5.60 Å². The third kappa shape index (κ3) is 3.50. The Morgan fingerprint density at radius 3 is 2.70 bits per heavy atom. The number of benzene rings is 1. The van der Waals surface area contributed by atoms with E-state index in [1.54, 1.807) is 11.2 Å². The Morgan fingerprint density at radius 1 is 1.22 bits per heavy atom. The van der Waals surface area contributed by atoms with E-state index in [2.05, 4.69) is 16.0 Å². The maximum atomic E-state index is 12.1. The lowest BCUT2D eigenvalue weighted by Gasteiger charge is -2.29. The highest BCUT2D eigenvalue weighted by atomic mass is 16.6. The minimum atomic E-state index is -0.468. The summed E-state index contributed by atoms with van der Waals surface area (Å²) in [5.74, 6) is 0. The fraction of sp³-hybridized carbons (Fsp3) is 0.389. The molecule has 2 aromatic rings. The molecule has 0 N–H and O–H groups in total. The molecule has 5 heteroatoms. The number of para-hydroxylation sites is 1. The van der Waals surface area contributed by atoms with Gasteiger partial charge >= 0.3 is 6.09 Å².